The average Bonchev–Trinajstić information content (AvgIpc) is 2.43. The molecule has 0 spiro atoms. The summed E-state index contributed by atoms with van der Waals surface area (Å²) in [5.74, 6) is -1.03. The summed E-state index contributed by atoms with van der Waals surface area (Å²) in [5, 5.41) is 2.28. The monoisotopic (exact) mass is 308 g/mol. The van der Waals surface area contributed by atoms with Crippen LogP contribution in [0, 0.1) is 7.11 Å². The number of carbonyl (C=O) groups excluding carboxylic acids is 3. The van der Waals surface area contributed by atoms with Crippen LogP contribution in [0.25, 0.3) is 0 Å². The summed E-state index contributed by atoms with van der Waals surface area (Å²) in [7, 11) is 3.01. The molecule has 0 atom stereocenters. The van der Waals surface area contributed by atoms with Gasteiger partial charge in [0.15, 0.2) is 0 Å². The predicted octanol–water partition coefficient (Wildman–Crippen LogP) is 2.07. The summed E-state index contributed by atoms with van der Waals surface area (Å²) >= 11 is 0. The third-order valence-electron chi connectivity index (χ3n) is 2.23. The molecule has 0 saturated carbocycles. The van der Waals surface area contributed by atoms with Gasteiger partial charge in [-0.15, -0.1) is 0 Å². The zero-order valence-corrected chi connectivity index (χ0v) is 12.7. The maximum atomic E-state index is 11.6. The maximum absolute atomic E-state index is 11.6. The van der Waals surface area contributed by atoms with Crippen LogP contribution in [0.3, 0.4) is 0 Å². The fraction of sp³-hybridized carbons (Fsp3) is 0.333. The quantitative estimate of drug-likeness (QED) is 0.676. The minimum absolute atomic E-state index is 0.233. The number of hydrogen-bond donors (Lipinski definition) is 1. The van der Waals surface area contributed by atoms with Crippen molar-refractivity contribution in [3.63, 3.8) is 0 Å². The van der Waals surface area contributed by atoms with Gasteiger partial charge in [0.2, 0.25) is 0 Å². The number of nitrogens with one attached hydrogen (secondary N) is 1. The molecule has 1 aromatic carbocycles. The second-order valence-electron chi connectivity index (χ2n) is 5.29. The number of esters is 2. The smallest absolute Gasteiger partial charge is 0.408 e. The molecule has 7 nitrogen and oxygen atoms in total. The predicted molar refractivity (Wildman–Crippen MR) is 77.1 cm³/mol. The summed E-state index contributed by atoms with van der Waals surface area (Å²) in [6.45, 7) is 4.80. The molecule has 0 aromatic heterocycles. The molecule has 0 aliphatic heterocycles. The lowest BCUT2D eigenvalue weighted by Gasteiger charge is -2.19. The van der Waals surface area contributed by atoms with Crippen LogP contribution in [0.4, 0.5) is 4.79 Å². The molecule has 0 heterocycles. The Morgan fingerprint density at radius 1 is 1.14 bits per heavy atom. The van der Waals surface area contributed by atoms with Crippen molar-refractivity contribution in [1.29, 1.82) is 0 Å². The highest BCUT2D eigenvalue weighted by Crippen LogP contribution is 2.13. The van der Waals surface area contributed by atoms with Crippen molar-refractivity contribution in [3.8, 4) is 5.75 Å². The summed E-state index contributed by atoms with van der Waals surface area (Å²) in [6, 6.07) is 5.71. The Hall–Kier alpha value is -2.57. The minimum atomic E-state index is -0.710. The lowest BCUT2D eigenvalue weighted by Crippen LogP contribution is -2.36. The highest BCUT2D eigenvalue weighted by atomic mass is 16.6. The van der Waals surface area contributed by atoms with E-state index in [1.807, 2.05) is 0 Å². The SMILES string of the molecule is [CH2]OC(=O)c1ccc(OC(=O)CNC(=O)OC(C)(C)C)cc1. The van der Waals surface area contributed by atoms with Crippen molar-refractivity contribution in [3.05, 3.63) is 36.9 Å². The fourth-order valence-electron chi connectivity index (χ4n) is 1.37. The van der Waals surface area contributed by atoms with Crippen LogP contribution in [0.15, 0.2) is 24.3 Å². The topological polar surface area (TPSA) is 90.9 Å². The van der Waals surface area contributed by atoms with E-state index < -0.39 is 23.6 Å². The van der Waals surface area contributed by atoms with Gasteiger partial charge in [-0.1, -0.05) is 0 Å². The summed E-state index contributed by atoms with van der Waals surface area (Å²) in [6.07, 6.45) is -0.710. The Balaban J connectivity index is 2.45. The molecule has 22 heavy (non-hydrogen) atoms. The van der Waals surface area contributed by atoms with E-state index in [4.69, 9.17) is 9.47 Å². The first kappa shape index (κ1) is 17.5. The number of carbonyl (C=O) groups is 3. The van der Waals surface area contributed by atoms with Crippen LogP contribution < -0.4 is 10.1 Å². The number of ether oxygens (including phenoxy) is 3. The second-order valence-corrected chi connectivity index (χ2v) is 5.29. The first-order valence-electron chi connectivity index (χ1n) is 6.45. The van der Waals surface area contributed by atoms with Gasteiger partial charge in [-0.3, -0.25) is 0 Å². The number of hydrogen-bond acceptors (Lipinski definition) is 6. The second kappa shape index (κ2) is 7.44. The third-order valence-corrected chi connectivity index (χ3v) is 2.23. The van der Waals surface area contributed by atoms with E-state index in [-0.39, 0.29) is 17.9 Å². The molecule has 119 valence electrons. The highest BCUT2D eigenvalue weighted by molar-refractivity contribution is 5.89. The average molecular weight is 308 g/mol. The molecular weight excluding hydrogens is 290 g/mol. The van der Waals surface area contributed by atoms with Crippen molar-refractivity contribution >= 4 is 18.0 Å². The lowest BCUT2D eigenvalue weighted by molar-refractivity contribution is -0.133. The molecule has 0 unspecified atom stereocenters. The summed E-state index contributed by atoms with van der Waals surface area (Å²) < 4.78 is 14.3. The first-order chi connectivity index (χ1) is 10.2. The third kappa shape index (κ3) is 6.25. The van der Waals surface area contributed by atoms with Gasteiger partial charge in [0.25, 0.3) is 0 Å². The van der Waals surface area contributed by atoms with Gasteiger partial charge in [-0.25, -0.2) is 14.4 Å². The fourth-order valence-corrected chi connectivity index (χ4v) is 1.37. The molecule has 0 saturated heterocycles. The molecule has 0 aliphatic carbocycles. The van der Waals surface area contributed by atoms with Gasteiger partial charge >= 0.3 is 18.0 Å². The van der Waals surface area contributed by atoms with Crippen molar-refractivity contribution in [2.45, 2.75) is 26.4 Å². The van der Waals surface area contributed by atoms with Gasteiger partial charge in [0, 0.05) is 0 Å². The van der Waals surface area contributed by atoms with Crippen molar-refractivity contribution < 1.29 is 28.6 Å². The van der Waals surface area contributed by atoms with E-state index in [1.165, 1.54) is 24.3 Å². The van der Waals surface area contributed by atoms with Crippen LogP contribution >= 0.6 is 0 Å². The van der Waals surface area contributed by atoms with Gasteiger partial charge < -0.3 is 19.5 Å². The molecule has 1 N–H and O–H groups in total. The van der Waals surface area contributed by atoms with Crippen LogP contribution in [0.5, 0.6) is 5.75 Å². The van der Waals surface area contributed by atoms with E-state index in [0.29, 0.717) is 0 Å². The number of benzene rings is 1. The molecular formula is C15H18NO6. The number of alkyl carbamates (subject to hydrolysis) is 1. The Kier molecular flexibility index (Phi) is 5.91. The maximum Gasteiger partial charge on any atom is 0.408 e. The Bertz CT molecular complexity index is 544. The molecule has 1 radical (unpaired) electrons. The standard InChI is InChI=1S/C15H18NO6/c1-15(2,3)22-14(19)16-9-12(17)21-11-7-5-10(6-8-11)13(18)20-4/h5-8H,4,9H2,1-3H3,(H,16,19). The van der Waals surface area contributed by atoms with Gasteiger partial charge in [-0.05, 0) is 45.0 Å². The van der Waals surface area contributed by atoms with E-state index in [1.54, 1.807) is 20.8 Å². The molecule has 0 bridgehead atoms. The molecule has 1 aromatic rings. The Morgan fingerprint density at radius 3 is 2.23 bits per heavy atom. The zero-order valence-electron chi connectivity index (χ0n) is 12.7. The molecule has 1 rings (SSSR count). The van der Waals surface area contributed by atoms with Gasteiger partial charge in [0.05, 0.1) is 5.56 Å². The van der Waals surface area contributed by atoms with Crippen molar-refractivity contribution in [2.75, 3.05) is 6.54 Å². The number of rotatable bonds is 4. The Labute approximate surface area is 128 Å². The van der Waals surface area contributed by atoms with E-state index in [9.17, 15) is 14.4 Å². The van der Waals surface area contributed by atoms with E-state index in [2.05, 4.69) is 17.2 Å². The van der Waals surface area contributed by atoms with Crippen molar-refractivity contribution in [2.24, 2.45) is 0 Å². The zero-order chi connectivity index (χ0) is 16.8. The number of amides is 1. The molecule has 1 amide bonds. The van der Waals surface area contributed by atoms with Gasteiger partial charge in [0.1, 0.15) is 25.0 Å². The first-order valence-corrected chi connectivity index (χ1v) is 6.45. The van der Waals surface area contributed by atoms with Crippen LogP contribution in [0.2, 0.25) is 0 Å². The van der Waals surface area contributed by atoms with Gasteiger partial charge in [-0.2, -0.15) is 0 Å². The minimum Gasteiger partial charge on any atom is -0.458 e. The molecule has 7 heteroatoms. The highest BCUT2D eigenvalue weighted by Gasteiger charge is 2.17. The summed E-state index contributed by atoms with van der Waals surface area (Å²) in [5.41, 5.74) is -0.367. The van der Waals surface area contributed by atoms with Crippen LogP contribution in [-0.2, 0) is 14.3 Å². The largest absolute Gasteiger partial charge is 0.458 e. The molecule has 0 aliphatic rings. The summed E-state index contributed by atoms with van der Waals surface area (Å²) in [4.78, 5) is 34.1. The molecule has 0 fully saturated rings. The van der Waals surface area contributed by atoms with Crippen molar-refractivity contribution in [1.82, 2.24) is 5.32 Å². The Morgan fingerprint density at radius 2 is 1.73 bits per heavy atom. The van der Waals surface area contributed by atoms with E-state index in [0.717, 1.165) is 0 Å². The van der Waals surface area contributed by atoms with Crippen LogP contribution in [-0.4, -0.2) is 30.2 Å². The van der Waals surface area contributed by atoms with E-state index >= 15 is 0 Å². The normalized spacial score (nSPS) is 10.5. The van der Waals surface area contributed by atoms with Crippen LogP contribution in [0.1, 0.15) is 31.1 Å². The lowest BCUT2D eigenvalue weighted by atomic mass is 10.2.